The molecule has 1 unspecified atom stereocenters. The summed E-state index contributed by atoms with van der Waals surface area (Å²) in [7, 11) is 0. The Hall–Kier alpha value is -0.910. The molecule has 4 nitrogen and oxygen atoms in total. The average molecular weight is 293 g/mol. The minimum atomic E-state index is 0.301. The number of hydrogen-bond acceptors (Lipinski definition) is 4. The van der Waals surface area contributed by atoms with Crippen molar-refractivity contribution in [2.45, 2.75) is 31.8 Å². The molecule has 2 atom stereocenters. The van der Waals surface area contributed by atoms with Crippen LogP contribution in [0.15, 0.2) is 17.5 Å². The largest absolute Gasteiger partial charge is 0.334 e. The maximum Gasteiger partial charge on any atom is 0.237 e. The number of carbonyl (C=O) groups excluding carboxylic acids is 1. The van der Waals surface area contributed by atoms with E-state index in [4.69, 9.17) is 0 Å². The van der Waals surface area contributed by atoms with E-state index in [2.05, 4.69) is 39.6 Å². The van der Waals surface area contributed by atoms with Crippen molar-refractivity contribution in [2.75, 3.05) is 32.7 Å². The Kier molecular flexibility index (Phi) is 4.38. The van der Waals surface area contributed by atoms with Crippen molar-refractivity contribution in [3.05, 3.63) is 22.4 Å². The highest BCUT2D eigenvalue weighted by atomic mass is 32.1. The van der Waals surface area contributed by atoms with Gasteiger partial charge >= 0.3 is 0 Å². The molecule has 20 heavy (non-hydrogen) atoms. The van der Waals surface area contributed by atoms with Gasteiger partial charge in [-0.25, -0.2) is 0 Å². The van der Waals surface area contributed by atoms with Gasteiger partial charge in [0.15, 0.2) is 0 Å². The SMILES string of the molecule is C[C@@H]1CN(CC(=O)N2CCCC2c2cccs2)CCN1. The molecule has 0 bridgehead atoms. The lowest BCUT2D eigenvalue weighted by Gasteiger charge is -2.33. The topological polar surface area (TPSA) is 35.6 Å². The lowest BCUT2D eigenvalue weighted by molar-refractivity contribution is -0.133. The van der Waals surface area contributed by atoms with Gasteiger partial charge in [-0.1, -0.05) is 6.07 Å². The lowest BCUT2D eigenvalue weighted by Crippen LogP contribution is -2.52. The Bertz CT molecular complexity index is 448. The molecule has 2 saturated heterocycles. The summed E-state index contributed by atoms with van der Waals surface area (Å²) in [6.45, 7) is 6.62. The van der Waals surface area contributed by atoms with Crippen LogP contribution >= 0.6 is 11.3 Å². The van der Waals surface area contributed by atoms with Gasteiger partial charge in [0, 0.05) is 37.1 Å². The molecule has 2 fully saturated rings. The van der Waals surface area contributed by atoms with Crippen LogP contribution in [0.3, 0.4) is 0 Å². The van der Waals surface area contributed by atoms with Gasteiger partial charge in [-0.2, -0.15) is 0 Å². The van der Waals surface area contributed by atoms with Crippen LogP contribution in [-0.4, -0.2) is 54.5 Å². The first-order chi connectivity index (χ1) is 9.74. The minimum Gasteiger partial charge on any atom is -0.334 e. The van der Waals surface area contributed by atoms with E-state index in [1.165, 1.54) is 4.88 Å². The first-order valence-corrected chi connectivity index (χ1v) is 8.40. The second kappa shape index (κ2) is 6.24. The number of rotatable bonds is 3. The summed E-state index contributed by atoms with van der Waals surface area (Å²) in [4.78, 5) is 18.3. The van der Waals surface area contributed by atoms with E-state index in [-0.39, 0.29) is 0 Å². The van der Waals surface area contributed by atoms with Gasteiger partial charge in [-0.05, 0) is 31.2 Å². The van der Waals surface area contributed by atoms with Crippen LogP contribution in [0.2, 0.25) is 0 Å². The van der Waals surface area contributed by atoms with Crippen molar-refractivity contribution in [1.29, 1.82) is 0 Å². The van der Waals surface area contributed by atoms with Gasteiger partial charge in [0.05, 0.1) is 12.6 Å². The molecule has 110 valence electrons. The molecule has 0 aromatic carbocycles. The fourth-order valence-corrected chi connectivity index (χ4v) is 4.15. The molecule has 1 amide bonds. The van der Waals surface area contributed by atoms with Gasteiger partial charge in [-0.3, -0.25) is 9.69 Å². The molecule has 1 aromatic heterocycles. The van der Waals surface area contributed by atoms with E-state index >= 15 is 0 Å². The number of amides is 1. The molecule has 0 spiro atoms. The van der Waals surface area contributed by atoms with Crippen molar-refractivity contribution in [3.63, 3.8) is 0 Å². The quantitative estimate of drug-likeness (QED) is 0.921. The third-order valence-corrected chi connectivity index (χ3v) is 5.23. The van der Waals surface area contributed by atoms with Gasteiger partial charge in [0.25, 0.3) is 0 Å². The summed E-state index contributed by atoms with van der Waals surface area (Å²) >= 11 is 1.77. The van der Waals surface area contributed by atoms with Crippen LogP contribution in [-0.2, 0) is 4.79 Å². The van der Waals surface area contributed by atoms with Crippen molar-refractivity contribution >= 4 is 17.2 Å². The number of carbonyl (C=O) groups is 1. The van der Waals surface area contributed by atoms with E-state index < -0.39 is 0 Å². The Labute approximate surface area is 124 Å². The number of piperazine rings is 1. The monoisotopic (exact) mass is 293 g/mol. The number of likely N-dealkylation sites (tertiary alicyclic amines) is 1. The highest BCUT2D eigenvalue weighted by Gasteiger charge is 2.31. The van der Waals surface area contributed by atoms with Crippen molar-refractivity contribution in [1.82, 2.24) is 15.1 Å². The fourth-order valence-electron chi connectivity index (χ4n) is 3.28. The zero-order valence-corrected chi connectivity index (χ0v) is 12.9. The molecule has 1 aromatic rings. The van der Waals surface area contributed by atoms with Crippen LogP contribution < -0.4 is 5.32 Å². The maximum atomic E-state index is 12.6. The van der Waals surface area contributed by atoms with Crippen LogP contribution in [0.4, 0.5) is 0 Å². The molecule has 0 aliphatic carbocycles. The van der Waals surface area contributed by atoms with Gasteiger partial charge < -0.3 is 10.2 Å². The minimum absolute atomic E-state index is 0.301. The first-order valence-electron chi connectivity index (χ1n) is 7.52. The molecule has 0 radical (unpaired) electrons. The van der Waals surface area contributed by atoms with Crippen LogP contribution in [0.1, 0.15) is 30.7 Å². The van der Waals surface area contributed by atoms with Crippen molar-refractivity contribution in [2.24, 2.45) is 0 Å². The Morgan fingerprint density at radius 2 is 2.40 bits per heavy atom. The third-order valence-electron chi connectivity index (χ3n) is 4.26. The number of thiophene rings is 1. The molecular formula is C15H23N3OS. The van der Waals surface area contributed by atoms with E-state index in [1.54, 1.807) is 11.3 Å². The van der Waals surface area contributed by atoms with Gasteiger partial charge in [0.1, 0.15) is 0 Å². The highest BCUT2D eigenvalue weighted by Crippen LogP contribution is 2.34. The summed E-state index contributed by atoms with van der Waals surface area (Å²) in [6.07, 6.45) is 2.25. The van der Waals surface area contributed by atoms with Gasteiger partial charge in [0.2, 0.25) is 5.91 Å². The second-order valence-electron chi connectivity index (χ2n) is 5.85. The molecule has 0 saturated carbocycles. The molecule has 3 rings (SSSR count). The molecule has 2 aliphatic rings. The number of nitrogens with one attached hydrogen (secondary N) is 1. The summed E-state index contributed by atoms with van der Waals surface area (Å²) in [5.74, 6) is 0.301. The van der Waals surface area contributed by atoms with Crippen molar-refractivity contribution < 1.29 is 4.79 Å². The maximum absolute atomic E-state index is 12.6. The summed E-state index contributed by atoms with van der Waals surface area (Å²) in [6, 6.07) is 5.05. The Morgan fingerprint density at radius 1 is 1.50 bits per heavy atom. The fraction of sp³-hybridized carbons (Fsp3) is 0.667. The Balaban J connectivity index is 1.61. The second-order valence-corrected chi connectivity index (χ2v) is 6.83. The molecule has 5 heteroatoms. The van der Waals surface area contributed by atoms with E-state index in [0.29, 0.717) is 24.5 Å². The van der Waals surface area contributed by atoms with Crippen molar-refractivity contribution in [3.8, 4) is 0 Å². The molecular weight excluding hydrogens is 270 g/mol. The summed E-state index contributed by atoms with van der Waals surface area (Å²) in [5, 5.41) is 5.53. The molecule has 1 N–H and O–H groups in total. The van der Waals surface area contributed by atoms with E-state index in [9.17, 15) is 4.79 Å². The number of nitrogens with zero attached hydrogens (tertiary/aromatic N) is 2. The normalized spacial score (nSPS) is 27.9. The summed E-state index contributed by atoms with van der Waals surface area (Å²) in [5.41, 5.74) is 0. The highest BCUT2D eigenvalue weighted by molar-refractivity contribution is 7.10. The van der Waals surface area contributed by atoms with Crippen LogP contribution in [0.5, 0.6) is 0 Å². The van der Waals surface area contributed by atoms with E-state index in [1.807, 2.05) is 0 Å². The smallest absolute Gasteiger partial charge is 0.237 e. The zero-order chi connectivity index (χ0) is 13.9. The van der Waals surface area contributed by atoms with Crippen LogP contribution in [0, 0.1) is 0 Å². The Morgan fingerprint density at radius 3 is 3.15 bits per heavy atom. The predicted octanol–water partition coefficient (Wildman–Crippen LogP) is 1.71. The zero-order valence-electron chi connectivity index (χ0n) is 12.0. The van der Waals surface area contributed by atoms with E-state index in [0.717, 1.165) is 39.0 Å². The molecule has 2 aliphatic heterocycles. The number of hydrogen-bond donors (Lipinski definition) is 1. The lowest BCUT2D eigenvalue weighted by atomic mass is 10.2. The van der Waals surface area contributed by atoms with Crippen LogP contribution in [0.25, 0.3) is 0 Å². The average Bonchev–Trinajstić information content (AvgIpc) is 3.09. The standard InChI is InChI=1S/C15H23N3OS/c1-12-10-17(8-6-16-12)11-15(19)18-7-2-4-13(18)14-5-3-9-20-14/h3,5,9,12-13,16H,2,4,6-8,10-11H2,1H3/t12-,13?/m1/s1. The molecule has 3 heterocycles. The predicted molar refractivity (Wildman–Crippen MR) is 81.9 cm³/mol. The third kappa shape index (κ3) is 3.05. The first kappa shape index (κ1) is 14.0. The van der Waals surface area contributed by atoms with Gasteiger partial charge in [-0.15, -0.1) is 11.3 Å². The summed E-state index contributed by atoms with van der Waals surface area (Å²) < 4.78 is 0.